The van der Waals surface area contributed by atoms with Crippen LogP contribution in [-0.4, -0.2) is 11.8 Å². The summed E-state index contributed by atoms with van der Waals surface area (Å²) in [6.45, 7) is 6.08. The lowest BCUT2D eigenvalue weighted by Crippen LogP contribution is -2.45. The highest BCUT2D eigenvalue weighted by Gasteiger charge is 2.34. The summed E-state index contributed by atoms with van der Waals surface area (Å²) in [6.07, 6.45) is 6.98. The van der Waals surface area contributed by atoms with Gasteiger partial charge in [0.15, 0.2) is 5.78 Å². The van der Waals surface area contributed by atoms with Crippen LogP contribution in [0.5, 0.6) is 0 Å². The molecule has 2 nitrogen and oxygen atoms in total. The highest BCUT2D eigenvalue weighted by Crippen LogP contribution is 2.30. The van der Waals surface area contributed by atoms with Gasteiger partial charge in [-0.1, -0.05) is 40.0 Å². The van der Waals surface area contributed by atoms with Crippen molar-refractivity contribution >= 4 is 5.78 Å². The van der Waals surface area contributed by atoms with E-state index >= 15 is 0 Å². The van der Waals surface area contributed by atoms with Crippen molar-refractivity contribution < 1.29 is 4.79 Å². The summed E-state index contributed by atoms with van der Waals surface area (Å²) in [7, 11) is 0. The lowest BCUT2D eigenvalue weighted by atomic mass is 9.74. The van der Waals surface area contributed by atoms with Crippen LogP contribution >= 0.6 is 0 Å². The average Bonchev–Trinajstić information content (AvgIpc) is 2.28. The molecule has 1 rings (SSSR count). The third kappa shape index (κ3) is 3.04. The lowest BCUT2D eigenvalue weighted by molar-refractivity contribution is -0.130. The van der Waals surface area contributed by atoms with Gasteiger partial charge >= 0.3 is 0 Å². The van der Waals surface area contributed by atoms with Gasteiger partial charge in [-0.2, -0.15) is 0 Å². The van der Waals surface area contributed by atoms with Crippen molar-refractivity contribution in [1.82, 2.24) is 0 Å². The molecular weight excluding hydrogens is 186 g/mol. The van der Waals surface area contributed by atoms with E-state index in [9.17, 15) is 4.79 Å². The minimum Gasteiger partial charge on any atom is -0.321 e. The fourth-order valence-electron chi connectivity index (χ4n) is 2.33. The highest BCUT2D eigenvalue weighted by molar-refractivity contribution is 5.89. The molecule has 0 amide bonds. The number of nitrogens with two attached hydrogens (primary N) is 1. The Hall–Kier alpha value is -0.370. The topological polar surface area (TPSA) is 43.1 Å². The third-order valence-electron chi connectivity index (χ3n) is 4.01. The van der Waals surface area contributed by atoms with Crippen molar-refractivity contribution in [2.45, 2.75) is 65.3 Å². The first-order chi connectivity index (χ1) is 6.99. The first-order valence-electron chi connectivity index (χ1n) is 6.29. The van der Waals surface area contributed by atoms with Crippen molar-refractivity contribution in [3.8, 4) is 0 Å². The Morgan fingerprint density at radius 1 is 1.33 bits per heavy atom. The Morgan fingerprint density at radius 3 is 2.33 bits per heavy atom. The maximum absolute atomic E-state index is 12.2. The van der Waals surface area contributed by atoms with E-state index in [4.69, 9.17) is 5.73 Å². The fraction of sp³-hybridized carbons (Fsp3) is 0.923. The number of carbonyl (C=O) groups excluding carboxylic acids is 1. The molecule has 0 spiro atoms. The zero-order chi connectivity index (χ0) is 11.5. The van der Waals surface area contributed by atoms with Crippen molar-refractivity contribution in [1.29, 1.82) is 0 Å². The molecule has 0 aromatic heterocycles. The molecule has 0 saturated heterocycles. The molecule has 0 aromatic rings. The van der Waals surface area contributed by atoms with Gasteiger partial charge in [-0.15, -0.1) is 0 Å². The average molecular weight is 211 g/mol. The molecule has 0 radical (unpaired) electrons. The molecule has 2 N–H and O–H groups in total. The van der Waals surface area contributed by atoms with Crippen LogP contribution in [0.1, 0.15) is 59.3 Å². The van der Waals surface area contributed by atoms with Crippen molar-refractivity contribution in [2.75, 3.05) is 0 Å². The first kappa shape index (κ1) is 12.7. The first-order valence-corrected chi connectivity index (χ1v) is 6.29. The van der Waals surface area contributed by atoms with E-state index in [1.807, 2.05) is 13.8 Å². The quantitative estimate of drug-likeness (QED) is 0.777. The van der Waals surface area contributed by atoms with E-state index < -0.39 is 0 Å². The minimum absolute atomic E-state index is 0.222. The molecule has 1 aliphatic carbocycles. The molecule has 1 saturated carbocycles. The molecule has 2 heteroatoms. The van der Waals surface area contributed by atoms with E-state index in [2.05, 4.69) is 6.92 Å². The second kappa shape index (κ2) is 5.11. The van der Waals surface area contributed by atoms with Crippen LogP contribution in [0.25, 0.3) is 0 Å². The summed E-state index contributed by atoms with van der Waals surface area (Å²) >= 11 is 0. The second-order valence-electron chi connectivity index (χ2n) is 5.53. The zero-order valence-corrected chi connectivity index (χ0v) is 10.4. The summed E-state index contributed by atoms with van der Waals surface area (Å²) in [5, 5.41) is 0. The van der Waals surface area contributed by atoms with Crippen LogP contribution in [-0.2, 0) is 4.79 Å². The smallest absolute Gasteiger partial charge is 0.155 e. The number of Topliss-reactive ketones (excluding diaryl/α,β-unsaturated/α-hetero) is 1. The van der Waals surface area contributed by atoms with Gasteiger partial charge in [0, 0.05) is 5.41 Å². The van der Waals surface area contributed by atoms with Crippen LogP contribution in [0.3, 0.4) is 0 Å². The Bertz CT molecular complexity index is 217. The van der Waals surface area contributed by atoms with Gasteiger partial charge in [0.05, 0.1) is 6.04 Å². The van der Waals surface area contributed by atoms with Crippen LogP contribution in [0.4, 0.5) is 0 Å². The molecule has 0 bridgehead atoms. The van der Waals surface area contributed by atoms with Gasteiger partial charge in [0.2, 0.25) is 0 Å². The summed E-state index contributed by atoms with van der Waals surface area (Å²) < 4.78 is 0. The Kier molecular flexibility index (Phi) is 4.32. The largest absolute Gasteiger partial charge is 0.321 e. The zero-order valence-electron chi connectivity index (χ0n) is 10.4. The Morgan fingerprint density at radius 2 is 1.87 bits per heavy atom. The summed E-state index contributed by atoms with van der Waals surface area (Å²) in [4.78, 5) is 12.2. The molecule has 1 fully saturated rings. The van der Waals surface area contributed by atoms with Crippen molar-refractivity contribution in [2.24, 2.45) is 17.1 Å². The molecule has 0 heterocycles. The van der Waals surface area contributed by atoms with Gasteiger partial charge in [-0.25, -0.2) is 0 Å². The number of hydrogen-bond acceptors (Lipinski definition) is 2. The molecule has 1 aliphatic rings. The van der Waals surface area contributed by atoms with Crippen LogP contribution in [0, 0.1) is 11.3 Å². The molecule has 15 heavy (non-hydrogen) atoms. The van der Waals surface area contributed by atoms with Crippen LogP contribution in [0.2, 0.25) is 0 Å². The van der Waals surface area contributed by atoms with Crippen molar-refractivity contribution in [3.05, 3.63) is 0 Å². The second-order valence-corrected chi connectivity index (χ2v) is 5.53. The fourth-order valence-corrected chi connectivity index (χ4v) is 2.33. The summed E-state index contributed by atoms with van der Waals surface area (Å²) in [6, 6.07) is -0.222. The normalized spacial score (nSPS) is 21.3. The van der Waals surface area contributed by atoms with Gasteiger partial charge < -0.3 is 5.73 Å². The lowest BCUT2D eigenvalue weighted by Gasteiger charge is -2.32. The van der Waals surface area contributed by atoms with Gasteiger partial charge in [0.25, 0.3) is 0 Å². The summed E-state index contributed by atoms with van der Waals surface area (Å²) in [5.41, 5.74) is 5.86. The maximum atomic E-state index is 12.2. The van der Waals surface area contributed by atoms with E-state index in [0.29, 0.717) is 5.92 Å². The minimum atomic E-state index is -0.239. The number of hydrogen-bond donors (Lipinski definition) is 1. The monoisotopic (exact) mass is 211 g/mol. The van der Waals surface area contributed by atoms with E-state index in [0.717, 1.165) is 19.3 Å². The Balaban J connectivity index is 2.58. The van der Waals surface area contributed by atoms with Crippen LogP contribution < -0.4 is 5.73 Å². The SMILES string of the molecule is CCC(C)(C)C(=O)C(N)C1CCCCC1. The standard InChI is InChI=1S/C13H25NO/c1-4-13(2,3)12(15)11(14)10-8-6-5-7-9-10/h10-11H,4-9,14H2,1-3H3. The van der Waals surface area contributed by atoms with E-state index in [-0.39, 0.29) is 17.2 Å². The Labute approximate surface area is 93.6 Å². The predicted molar refractivity (Wildman–Crippen MR) is 63.6 cm³/mol. The van der Waals surface area contributed by atoms with E-state index in [1.54, 1.807) is 0 Å². The number of rotatable bonds is 4. The van der Waals surface area contributed by atoms with Gasteiger partial charge in [-0.05, 0) is 25.2 Å². The maximum Gasteiger partial charge on any atom is 0.155 e. The van der Waals surface area contributed by atoms with Gasteiger partial charge in [-0.3, -0.25) is 4.79 Å². The highest BCUT2D eigenvalue weighted by atomic mass is 16.1. The predicted octanol–water partition coefficient (Wildman–Crippen LogP) is 2.90. The third-order valence-corrected chi connectivity index (χ3v) is 4.01. The molecular formula is C13H25NO. The van der Waals surface area contributed by atoms with Crippen molar-refractivity contribution in [3.63, 3.8) is 0 Å². The molecule has 88 valence electrons. The number of carbonyl (C=O) groups is 1. The molecule has 1 unspecified atom stereocenters. The summed E-state index contributed by atoms with van der Waals surface area (Å²) in [5.74, 6) is 0.703. The molecule has 1 atom stereocenters. The van der Waals surface area contributed by atoms with Crippen LogP contribution in [0.15, 0.2) is 0 Å². The molecule has 0 aromatic carbocycles. The van der Waals surface area contributed by atoms with E-state index in [1.165, 1.54) is 19.3 Å². The van der Waals surface area contributed by atoms with Gasteiger partial charge in [0.1, 0.15) is 0 Å². The number of ketones is 1. The molecule has 0 aliphatic heterocycles.